The molecular weight excluding hydrogens is 364 g/mol. The second-order valence-corrected chi connectivity index (χ2v) is 9.23. The first-order valence-corrected chi connectivity index (χ1v) is 9.34. The second-order valence-electron chi connectivity index (χ2n) is 4.87. The molecule has 1 amide bonds. The van der Waals surface area contributed by atoms with Crippen molar-refractivity contribution in [1.29, 1.82) is 0 Å². The molecule has 2 N–H and O–H groups in total. The van der Waals surface area contributed by atoms with Gasteiger partial charge in [-0.25, -0.2) is 13.1 Å². The van der Waals surface area contributed by atoms with Gasteiger partial charge in [-0.05, 0) is 40.4 Å². The maximum atomic E-state index is 12.0. The maximum absolute atomic E-state index is 12.0. The SMILES string of the molecule is Cc1cc(S(=O)(=O)NCCC(=O)NCC(C)C)sc1Br. The fourth-order valence-electron chi connectivity index (χ4n) is 1.34. The molecular formula is C12H19BrN2O3S2. The van der Waals surface area contributed by atoms with Gasteiger partial charge in [-0.1, -0.05) is 13.8 Å². The molecule has 0 fully saturated rings. The molecule has 0 aliphatic rings. The Balaban J connectivity index is 2.46. The average Bonchev–Trinajstić information content (AvgIpc) is 2.68. The molecule has 1 aromatic heterocycles. The fourth-order valence-corrected chi connectivity index (χ4v) is 4.64. The van der Waals surface area contributed by atoms with Gasteiger partial charge in [0.05, 0.1) is 3.79 Å². The molecule has 0 aliphatic heterocycles. The highest BCUT2D eigenvalue weighted by Gasteiger charge is 2.18. The van der Waals surface area contributed by atoms with Crippen LogP contribution in [0.25, 0.3) is 0 Å². The Bertz CT molecular complexity index is 548. The van der Waals surface area contributed by atoms with E-state index in [0.717, 1.165) is 20.7 Å². The van der Waals surface area contributed by atoms with Crippen molar-refractivity contribution in [2.24, 2.45) is 5.92 Å². The second kappa shape index (κ2) is 7.53. The zero-order valence-electron chi connectivity index (χ0n) is 11.7. The third kappa shape index (κ3) is 5.51. The highest BCUT2D eigenvalue weighted by molar-refractivity contribution is 9.11. The Morgan fingerprint density at radius 2 is 2.10 bits per heavy atom. The lowest BCUT2D eigenvalue weighted by molar-refractivity contribution is -0.121. The predicted molar refractivity (Wildman–Crippen MR) is 84.4 cm³/mol. The Labute approximate surface area is 132 Å². The van der Waals surface area contributed by atoms with Gasteiger partial charge in [-0.15, -0.1) is 11.3 Å². The van der Waals surface area contributed by atoms with Crippen LogP contribution >= 0.6 is 27.3 Å². The van der Waals surface area contributed by atoms with Crippen LogP contribution in [0.2, 0.25) is 0 Å². The van der Waals surface area contributed by atoms with Crippen LogP contribution in [0.3, 0.4) is 0 Å². The van der Waals surface area contributed by atoms with E-state index in [0.29, 0.717) is 12.5 Å². The van der Waals surface area contributed by atoms with Gasteiger partial charge in [-0.2, -0.15) is 0 Å². The molecule has 0 atom stereocenters. The number of rotatable bonds is 7. The van der Waals surface area contributed by atoms with E-state index < -0.39 is 10.0 Å². The Morgan fingerprint density at radius 3 is 2.60 bits per heavy atom. The van der Waals surface area contributed by atoms with E-state index in [9.17, 15) is 13.2 Å². The average molecular weight is 383 g/mol. The number of hydrogen-bond acceptors (Lipinski definition) is 4. The lowest BCUT2D eigenvalue weighted by atomic mass is 10.2. The summed E-state index contributed by atoms with van der Waals surface area (Å²) in [6, 6.07) is 1.61. The number of aryl methyl sites for hydroxylation is 1. The van der Waals surface area contributed by atoms with Crippen molar-refractivity contribution in [3.05, 3.63) is 15.4 Å². The molecule has 1 aromatic rings. The summed E-state index contributed by atoms with van der Waals surface area (Å²) in [5, 5.41) is 2.74. The van der Waals surface area contributed by atoms with Gasteiger partial charge in [0, 0.05) is 19.5 Å². The first-order valence-electron chi connectivity index (χ1n) is 6.24. The molecule has 0 aliphatic carbocycles. The number of halogens is 1. The van der Waals surface area contributed by atoms with Gasteiger partial charge < -0.3 is 5.32 Å². The van der Waals surface area contributed by atoms with Gasteiger partial charge in [0.2, 0.25) is 15.9 Å². The van der Waals surface area contributed by atoms with Gasteiger partial charge in [-0.3, -0.25) is 4.79 Å². The summed E-state index contributed by atoms with van der Waals surface area (Å²) in [6.07, 6.45) is 0.136. The topological polar surface area (TPSA) is 75.3 Å². The largest absolute Gasteiger partial charge is 0.356 e. The summed E-state index contributed by atoms with van der Waals surface area (Å²) in [7, 11) is -3.53. The van der Waals surface area contributed by atoms with Crippen LogP contribution in [0.1, 0.15) is 25.8 Å². The number of sulfonamides is 1. The molecule has 5 nitrogen and oxygen atoms in total. The number of hydrogen-bond donors (Lipinski definition) is 2. The summed E-state index contributed by atoms with van der Waals surface area (Å²) in [6.45, 7) is 6.53. The first-order chi connectivity index (χ1) is 9.22. The summed E-state index contributed by atoms with van der Waals surface area (Å²) in [4.78, 5) is 11.5. The van der Waals surface area contributed by atoms with E-state index in [-0.39, 0.29) is 23.1 Å². The molecule has 0 radical (unpaired) electrons. The summed E-state index contributed by atoms with van der Waals surface area (Å²) >= 11 is 4.46. The molecule has 0 aromatic carbocycles. The highest BCUT2D eigenvalue weighted by Crippen LogP contribution is 2.30. The molecule has 0 saturated carbocycles. The van der Waals surface area contributed by atoms with Crippen molar-refractivity contribution in [2.75, 3.05) is 13.1 Å². The lowest BCUT2D eigenvalue weighted by Gasteiger charge is -2.08. The number of carbonyl (C=O) groups is 1. The van der Waals surface area contributed by atoms with Crippen molar-refractivity contribution in [3.8, 4) is 0 Å². The highest BCUT2D eigenvalue weighted by atomic mass is 79.9. The number of amides is 1. The normalized spacial score (nSPS) is 11.8. The minimum atomic E-state index is -3.53. The minimum absolute atomic E-state index is 0.0980. The molecule has 0 saturated heterocycles. The third-order valence-electron chi connectivity index (χ3n) is 2.45. The van der Waals surface area contributed by atoms with Crippen molar-refractivity contribution in [1.82, 2.24) is 10.0 Å². The Kier molecular flexibility index (Phi) is 6.63. The fraction of sp³-hybridized carbons (Fsp3) is 0.583. The van der Waals surface area contributed by atoms with E-state index >= 15 is 0 Å². The van der Waals surface area contributed by atoms with E-state index in [4.69, 9.17) is 0 Å². The summed E-state index contributed by atoms with van der Waals surface area (Å²) in [5.41, 5.74) is 0.880. The first kappa shape index (κ1) is 17.6. The van der Waals surface area contributed by atoms with Crippen LogP contribution in [0, 0.1) is 12.8 Å². The van der Waals surface area contributed by atoms with Crippen molar-refractivity contribution in [2.45, 2.75) is 31.4 Å². The standard InChI is InChI=1S/C12H19BrN2O3S2/c1-8(2)7-14-10(16)4-5-15-20(17,18)11-6-9(3)12(13)19-11/h6,8,15H,4-5,7H2,1-3H3,(H,14,16). The number of nitrogens with one attached hydrogen (secondary N) is 2. The predicted octanol–water partition coefficient (Wildman–Crippen LogP) is 2.26. The zero-order valence-corrected chi connectivity index (χ0v) is 14.9. The van der Waals surface area contributed by atoms with Gasteiger partial charge >= 0.3 is 0 Å². The van der Waals surface area contributed by atoms with Gasteiger partial charge in [0.25, 0.3) is 0 Å². The van der Waals surface area contributed by atoms with E-state index in [2.05, 4.69) is 26.0 Å². The minimum Gasteiger partial charge on any atom is -0.356 e. The molecule has 114 valence electrons. The van der Waals surface area contributed by atoms with Crippen LogP contribution in [-0.4, -0.2) is 27.4 Å². The summed E-state index contributed by atoms with van der Waals surface area (Å²) in [5.74, 6) is 0.229. The van der Waals surface area contributed by atoms with Crippen molar-refractivity contribution in [3.63, 3.8) is 0 Å². The molecule has 8 heteroatoms. The molecule has 20 heavy (non-hydrogen) atoms. The van der Waals surface area contributed by atoms with Gasteiger partial charge in [0.15, 0.2) is 0 Å². The van der Waals surface area contributed by atoms with Crippen LogP contribution in [0.15, 0.2) is 14.1 Å². The van der Waals surface area contributed by atoms with E-state index in [1.54, 1.807) is 6.07 Å². The quantitative estimate of drug-likeness (QED) is 0.759. The smallest absolute Gasteiger partial charge is 0.250 e. The van der Waals surface area contributed by atoms with Gasteiger partial charge in [0.1, 0.15) is 4.21 Å². The summed E-state index contributed by atoms with van der Waals surface area (Å²) < 4.78 is 27.5. The maximum Gasteiger partial charge on any atom is 0.250 e. The molecule has 1 heterocycles. The third-order valence-corrected chi connectivity index (χ3v) is 6.52. The monoisotopic (exact) mass is 382 g/mol. The molecule has 1 rings (SSSR count). The lowest BCUT2D eigenvalue weighted by Crippen LogP contribution is -2.32. The van der Waals surface area contributed by atoms with Crippen LogP contribution in [0.5, 0.6) is 0 Å². The Morgan fingerprint density at radius 1 is 1.45 bits per heavy atom. The van der Waals surface area contributed by atoms with Crippen LogP contribution in [0.4, 0.5) is 0 Å². The molecule has 0 bridgehead atoms. The molecule has 0 unspecified atom stereocenters. The number of carbonyl (C=O) groups excluding carboxylic acids is 1. The van der Waals surface area contributed by atoms with Crippen LogP contribution < -0.4 is 10.0 Å². The van der Waals surface area contributed by atoms with Crippen molar-refractivity contribution >= 4 is 43.2 Å². The van der Waals surface area contributed by atoms with E-state index in [1.807, 2.05) is 20.8 Å². The molecule has 0 spiro atoms. The number of thiophene rings is 1. The van der Waals surface area contributed by atoms with E-state index in [1.165, 1.54) is 0 Å². The Hall–Kier alpha value is -0.440. The van der Waals surface area contributed by atoms with Crippen molar-refractivity contribution < 1.29 is 13.2 Å². The zero-order chi connectivity index (χ0) is 15.3. The van der Waals surface area contributed by atoms with Crippen LogP contribution in [-0.2, 0) is 14.8 Å².